The zero-order valence-electron chi connectivity index (χ0n) is 24.8. The van der Waals surface area contributed by atoms with Crippen molar-refractivity contribution in [2.24, 2.45) is 0 Å². The fraction of sp³-hybridized carbons (Fsp3) is 0.593. The van der Waals surface area contributed by atoms with Crippen LogP contribution in [0.2, 0.25) is 0 Å². The van der Waals surface area contributed by atoms with Gasteiger partial charge in [0.15, 0.2) is 0 Å². The predicted octanol–water partition coefficient (Wildman–Crippen LogP) is 1.39. The fourth-order valence-corrected chi connectivity index (χ4v) is 7.82. The highest BCUT2D eigenvalue weighted by molar-refractivity contribution is 7.89. The lowest BCUT2D eigenvalue weighted by atomic mass is 9.88. The van der Waals surface area contributed by atoms with Crippen molar-refractivity contribution in [1.82, 2.24) is 19.3 Å². The van der Waals surface area contributed by atoms with Crippen LogP contribution in [0.25, 0.3) is 0 Å². The molecule has 2 aromatic rings. The third kappa shape index (κ3) is 8.06. The summed E-state index contributed by atoms with van der Waals surface area (Å²) in [4.78, 5) is 6.48. The lowest BCUT2D eigenvalue weighted by molar-refractivity contribution is -0.0312. The van der Waals surface area contributed by atoms with Crippen LogP contribution in [0, 0.1) is 0 Å². The number of benzene rings is 1. The molecular weight excluding hydrogens is 657 g/mol. The average molecular weight is 699 g/mol. The number of pyridine rings is 1. The number of piperidine rings is 1. The van der Waals surface area contributed by atoms with Crippen LogP contribution in [0.5, 0.6) is 11.6 Å². The summed E-state index contributed by atoms with van der Waals surface area (Å²) in [6.07, 6.45) is 2.37. The van der Waals surface area contributed by atoms with Gasteiger partial charge in [-0.3, -0.25) is 0 Å². The SMILES string of the molecule is CNS(=O)(=O)c1cccc(OC[C@@H](O)CN[C@H]2COC3(CCN(S(=O)(=O)c4cnc5c(c4)N(C)C[C@@H](C)O5)CC3)C2)c1.Cl.Cl. The second-order valence-corrected chi connectivity index (χ2v) is 15.0. The number of aliphatic hydroxyl groups excluding tert-OH is 1. The zero-order valence-corrected chi connectivity index (χ0v) is 28.1. The van der Waals surface area contributed by atoms with Gasteiger partial charge in [0, 0.05) is 38.8 Å². The first-order valence-corrected chi connectivity index (χ1v) is 16.9. The maximum absolute atomic E-state index is 13.4. The Balaban J connectivity index is 0.00000264. The van der Waals surface area contributed by atoms with Crippen molar-refractivity contribution in [2.75, 3.05) is 58.4 Å². The maximum Gasteiger partial charge on any atom is 0.244 e. The van der Waals surface area contributed by atoms with E-state index >= 15 is 0 Å². The molecule has 4 heterocycles. The summed E-state index contributed by atoms with van der Waals surface area (Å²) in [6.45, 7) is 3.99. The van der Waals surface area contributed by atoms with Gasteiger partial charge in [0.2, 0.25) is 25.9 Å². The monoisotopic (exact) mass is 697 g/mol. The van der Waals surface area contributed by atoms with Gasteiger partial charge in [-0.05, 0) is 51.4 Å². The van der Waals surface area contributed by atoms with E-state index in [9.17, 15) is 21.9 Å². The summed E-state index contributed by atoms with van der Waals surface area (Å²) in [5.41, 5.74) is 0.251. The number of sulfonamides is 2. The molecule has 0 unspecified atom stereocenters. The summed E-state index contributed by atoms with van der Waals surface area (Å²) in [6, 6.07) is 7.72. The largest absolute Gasteiger partial charge is 0.491 e. The summed E-state index contributed by atoms with van der Waals surface area (Å²) in [7, 11) is -4.08. The van der Waals surface area contributed by atoms with E-state index in [2.05, 4.69) is 15.0 Å². The topological polar surface area (TPSA) is 160 Å². The van der Waals surface area contributed by atoms with Gasteiger partial charge in [0.05, 0.1) is 29.8 Å². The summed E-state index contributed by atoms with van der Waals surface area (Å²) in [5, 5.41) is 13.8. The molecule has 2 fully saturated rings. The smallest absolute Gasteiger partial charge is 0.244 e. The van der Waals surface area contributed by atoms with Crippen LogP contribution in [0.1, 0.15) is 26.2 Å². The summed E-state index contributed by atoms with van der Waals surface area (Å²) in [5.74, 6) is 0.785. The highest BCUT2D eigenvalue weighted by Crippen LogP contribution is 2.38. The third-order valence-corrected chi connectivity index (χ3v) is 11.3. The Hall–Kier alpha value is -1.95. The number of aromatic nitrogens is 1. The van der Waals surface area contributed by atoms with Crippen molar-refractivity contribution in [3.63, 3.8) is 0 Å². The first-order valence-electron chi connectivity index (χ1n) is 14.0. The second-order valence-electron chi connectivity index (χ2n) is 11.2. The molecule has 0 amide bonds. The van der Waals surface area contributed by atoms with Gasteiger partial charge in [-0.1, -0.05) is 6.07 Å². The van der Waals surface area contributed by atoms with Gasteiger partial charge in [-0.2, -0.15) is 4.31 Å². The van der Waals surface area contributed by atoms with Crippen molar-refractivity contribution < 1.29 is 36.2 Å². The van der Waals surface area contributed by atoms with E-state index < -0.39 is 31.8 Å². The molecule has 44 heavy (non-hydrogen) atoms. The molecule has 1 aromatic carbocycles. The van der Waals surface area contributed by atoms with E-state index in [0.717, 1.165) is 0 Å². The van der Waals surface area contributed by atoms with Gasteiger partial charge in [-0.15, -0.1) is 24.8 Å². The molecule has 2 saturated heterocycles. The molecule has 17 heteroatoms. The lowest BCUT2D eigenvalue weighted by Crippen LogP contribution is -2.47. The Morgan fingerprint density at radius 2 is 1.89 bits per heavy atom. The Bertz CT molecular complexity index is 1490. The van der Waals surface area contributed by atoms with Gasteiger partial charge in [0.25, 0.3) is 0 Å². The quantitative estimate of drug-likeness (QED) is 0.329. The normalized spacial score (nSPS) is 22.3. The molecular formula is C27H41Cl2N5O8S2. The average Bonchev–Trinajstić information content (AvgIpc) is 3.37. The van der Waals surface area contributed by atoms with Gasteiger partial charge in [0.1, 0.15) is 35.1 Å². The van der Waals surface area contributed by atoms with Crippen LogP contribution in [0.15, 0.2) is 46.3 Å². The number of ether oxygens (including phenoxy) is 3. The highest BCUT2D eigenvalue weighted by atomic mass is 35.5. The number of hydrogen-bond acceptors (Lipinski definition) is 11. The Morgan fingerprint density at radius 3 is 2.59 bits per heavy atom. The Morgan fingerprint density at radius 1 is 1.16 bits per heavy atom. The minimum atomic E-state index is -3.72. The van der Waals surface area contributed by atoms with Crippen LogP contribution >= 0.6 is 24.8 Å². The summed E-state index contributed by atoms with van der Waals surface area (Å²) >= 11 is 0. The van der Waals surface area contributed by atoms with Crippen LogP contribution in [0.4, 0.5) is 5.69 Å². The zero-order chi connectivity index (χ0) is 30.1. The second kappa shape index (κ2) is 14.6. The lowest BCUT2D eigenvalue weighted by Gasteiger charge is -2.38. The predicted molar refractivity (Wildman–Crippen MR) is 169 cm³/mol. The first-order chi connectivity index (χ1) is 19.9. The number of halogens is 2. The van der Waals surface area contributed by atoms with Crippen molar-refractivity contribution >= 4 is 50.5 Å². The van der Waals surface area contributed by atoms with Gasteiger partial charge in [-0.25, -0.2) is 26.5 Å². The van der Waals surface area contributed by atoms with Crippen molar-refractivity contribution in [1.29, 1.82) is 0 Å². The minimum Gasteiger partial charge on any atom is -0.491 e. The van der Waals surface area contributed by atoms with E-state index in [1.54, 1.807) is 18.2 Å². The Kier molecular flexibility index (Phi) is 12.2. The fourth-order valence-electron chi connectivity index (χ4n) is 5.65. The molecule has 3 atom stereocenters. The van der Waals surface area contributed by atoms with Gasteiger partial charge < -0.3 is 29.5 Å². The molecule has 0 radical (unpaired) electrons. The van der Waals surface area contributed by atoms with Crippen molar-refractivity contribution in [2.45, 2.75) is 59.8 Å². The van der Waals surface area contributed by atoms with E-state index in [-0.39, 0.29) is 59.9 Å². The van der Waals surface area contributed by atoms with Crippen LogP contribution < -0.4 is 24.4 Å². The number of aliphatic hydroxyl groups is 1. The van der Waals surface area contributed by atoms with Gasteiger partial charge >= 0.3 is 0 Å². The molecule has 248 valence electrons. The van der Waals surface area contributed by atoms with Crippen molar-refractivity contribution in [3.8, 4) is 11.6 Å². The number of hydrogen-bond donors (Lipinski definition) is 3. The van der Waals surface area contributed by atoms with E-state index in [1.165, 1.54) is 29.7 Å². The number of nitrogens with one attached hydrogen (secondary N) is 2. The highest BCUT2D eigenvalue weighted by Gasteiger charge is 2.45. The number of fused-ring (bicyclic) bond motifs is 1. The minimum absolute atomic E-state index is 0. The summed E-state index contributed by atoms with van der Waals surface area (Å²) < 4.78 is 72.1. The van der Waals surface area contributed by atoms with E-state index in [0.29, 0.717) is 62.8 Å². The number of nitrogens with zero attached hydrogens (tertiary/aromatic N) is 3. The van der Waals surface area contributed by atoms with Crippen LogP contribution in [-0.2, 0) is 24.8 Å². The molecule has 5 rings (SSSR count). The number of anilines is 1. The van der Waals surface area contributed by atoms with E-state index in [1.807, 2.05) is 18.9 Å². The molecule has 1 spiro atoms. The van der Waals surface area contributed by atoms with Crippen LogP contribution in [0.3, 0.4) is 0 Å². The molecule has 3 N–H and O–H groups in total. The molecule has 0 aliphatic carbocycles. The van der Waals surface area contributed by atoms with E-state index in [4.69, 9.17) is 14.2 Å². The molecule has 1 aromatic heterocycles. The molecule has 0 saturated carbocycles. The number of likely N-dealkylation sites (N-methyl/N-ethyl adjacent to an activating group) is 1. The van der Waals surface area contributed by atoms with Crippen LogP contribution in [-0.4, -0.2) is 109 Å². The Labute approximate surface area is 271 Å². The first kappa shape index (κ1) is 36.5. The van der Waals surface area contributed by atoms with Crippen molar-refractivity contribution in [3.05, 3.63) is 36.5 Å². The third-order valence-electron chi connectivity index (χ3n) is 8.01. The number of rotatable bonds is 10. The molecule has 3 aliphatic heterocycles. The molecule has 0 bridgehead atoms. The molecule has 13 nitrogen and oxygen atoms in total. The standard InChI is InChI=1S/C27H39N5O8S2.2ClH/c1-19-16-31(3)25-12-24(15-30-26(25)40-19)42(36,37)32-9-7-27(8-10-32)13-20(17-39-27)29-14-21(33)18-38-22-5-4-6-23(11-22)41(34,35)28-2;;/h4-6,11-12,15,19-21,28-29,33H,7-10,13-14,16-18H2,1-3H3;2*1H/t19-,20-,21+;;/m1../s1. The molecule has 3 aliphatic rings. The maximum atomic E-state index is 13.4.